The molecule has 0 aromatic carbocycles. The van der Waals surface area contributed by atoms with Crippen molar-refractivity contribution < 1.29 is 0 Å². The molecule has 84 valence electrons. The maximum atomic E-state index is 5.87. The van der Waals surface area contributed by atoms with E-state index in [-0.39, 0.29) is 0 Å². The highest BCUT2D eigenvalue weighted by Crippen LogP contribution is 2.30. The van der Waals surface area contributed by atoms with Crippen molar-refractivity contribution in [2.75, 3.05) is 11.4 Å². The lowest BCUT2D eigenvalue weighted by Gasteiger charge is -2.33. The Bertz CT molecular complexity index is 307. The summed E-state index contributed by atoms with van der Waals surface area (Å²) in [7, 11) is 0. The standard InChI is InChI=1S/C11H17ClN2S/c1-2-14(9-6-4-3-5-7-9)11-13-10(12)8-15-11/h8-9H,2-7H2,1H3. The minimum absolute atomic E-state index is 0.629. The Morgan fingerprint density at radius 1 is 1.47 bits per heavy atom. The summed E-state index contributed by atoms with van der Waals surface area (Å²) in [6.45, 7) is 3.23. The Hall–Kier alpha value is -0.280. The normalized spacial score (nSPS) is 18.0. The number of thiazole rings is 1. The third-order valence-corrected chi connectivity index (χ3v) is 4.27. The summed E-state index contributed by atoms with van der Waals surface area (Å²) >= 11 is 7.53. The van der Waals surface area contributed by atoms with Gasteiger partial charge >= 0.3 is 0 Å². The lowest BCUT2D eigenvalue weighted by Crippen LogP contribution is -2.36. The van der Waals surface area contributed by atoms with Crippen LogP contribution in [0.2, 0.25) is 5.15 Å². The van der Waals surface area contributed by atoms with E-state index < -0.39 is 0 Å². The van der Waals surface area contributed by atoms with Gasteiger partial charge in [0.25, 0.3) is 0 Å². The van der Waals surface area contributed by atoms with Crippen LogP contribution in [0.5, 0.6) is 0 Å². The number of hydrogen-bond donors (Lipinski definition) is 0. The molecule has 0 N–H and O–H groups in total. The second-order valence-electron chi connectivity index (χ2n) is 4.03. The molecule has 4 heteroatoms. The molecule has 0 spiro atoms. The van der Waals surface area contributed by atoms with Crippen LogP contribution >= 0.6 is 22.9 Å². The largest absolute Gasteiger partial charge is 0.345 e. The topological polar surface area (TPSA) is 16.1 Å². The summed E-state index contributed by atoms with van der Waals surface area (Å²) in [5, 5.41) is 3.64. The molecule has 1 heterocycles. The third-order valence-electron chi connectivity index (χ3n) is 3.07. The molecule has 1 aliphatic carbocycles. The average molecular weight is 245 g/mol. The Morgan fingerprint density at radius 2 is 2.20 bits per heavy atom. The predicted octanol–water partition coefficient (Wildman–Crippen LogP) is 3.96. The highest BCUT2D eigenvalue weighted by molar-refractivity contribution is 7.14. The van der Waals surface area contributed by atoms with Gasteiger partial charge in [-0.2, -0.15) is 0 Å². The summed E-state index contributed by atoms with van der Waals surface area (Å²) in [6, 6.07) is 0.686. The van der Waals surface area contributed by atoms with Gasteiger partial charge in [-0.3, -0.25) is 0 Å². The smallest absolute Gasteiger partial charge is 0.186 e. The third kappa shape index (κ3) is 2.64. The van der Waals surface area contributed by atoms with Gasteiger partial charge in [0.1, 0.15) is 5.15 Å². The van der Waals surface area contributed by atoms with E-state index in [1.54, 1.807) is 11.3 Å². The molecule has 1 aliphatic rings. The minimum Gasteiger partial charge on any atom is -0.345 e. The molecule has 1 aromatic rings. The van der Waals surface area contributed by atoms with Crippen molar-refractivity contribution in [3.63, 3.8) is 0 Å². The van der Waals surface area contributed by atoms with Crippen LogP contribution in [0.4, 0.5) is 5.13 Å². The number of rotatable bonds is 3. The van der Waals surface area contributed by atoms with Gasteiger partial charge < -0.3 is 4.90 Å². The van der Waals surface area contributed by atoms with Crippen molar-refractivity contribution >= 4 is 28.1 Å². The molecule has 1 aromatic heterocycles. The van der Waals surface area contributed by atoms with Gasteiger partial charge in [0, 0.05) is 18.0 Å². The first-order valence-corrected chi connectivity index (χ1v) is 6.94. The van der Waals surface area contributed by atoms with Gasteiger partial charge in [0.05, 0.1) is 0 Å². The fraction of sp³-hybridized carbons (Fsp3) is 0.727. The summed E-state index contributed by atoms with van der Waals surface area (Å²) in [5.74, 6) is 0. The first-order chi connectivity index (χ1) is 7.31. The monoisotopic (exact) mass is 244 g/mol. The van der Waals surface area contributed by atoms with Gasteiger partial charge in [0.2, 0.25) is 0 Å². The lowest BCUT2D eigenvalue weighted by molar-refractivity contribution is 0.418. The molecule has 0 radical (unpaired) electrons. The highest BCUT2D eigenvalue weighted by Gasteiger charge is 2.21. The van der Waals surface area contributed by atoms with Crippen molar-refractivity contribution in [1.29, 1.82) is 0 Å². The molecule has 0 bridgehead atoms. The zero-order chi connectivity index (χ0) is 10.7. The minimum atomic E-state index is 0.629. The van der Waals surface area contributed by atoms with Gasteiger partial charge in [-0.05, 0) is 19.8 Å². The van der Waals surface area contributed by atoms with Crippen molar-refractivity contribution in [2.24, 2.45) is 0 Å². The molecule has 0 unspecified atom stereocenters. The Labute approximate surface area is 100 Å². The second kappa shape index (κ2) is 5.17. The van der Waals surface area contributed by atoms with Crippen LogP contribution in [0.1, 0.15) is 39.0 Å². The van der Waals surface area contributed by atoms with E-state index in [1.165, 1.54) is 32.1 Å². The maximum absolute atomic E-state index is 5.87. The fourth-order valence-corrected chi connectivity index (χ4v) is 3.40. The molecule has 1 saturated carbocycles. The maximum Gasteiger partial charge on any atom is 0.186 e. The summed E-state index contributed by atoms with van der Waals surface area (Å²) in [5.41, 5.74) is 0. The Morgan fingerprint density at radius 3 is 2.73 bits per heavy atom. The van der Waals surface area contributed by atoms with Crippen LogP contribution in [0.25, 0.3) is 0 Å². The molecule has 2 rings (SSSR count). The van der Waals surface area contributed by atoms with Gasteiger partial charge in [-0.1, -0.05) is 30.9 Å². The van der Waals surface area contributed by atoms with Crippen molar-refractivity contribution in [1.82, 2.24) is 4.98 Å². The van der Waals surface area contributed by atoms with E-state index in [0.717, 1.165) is 11.7 Å². The number of hydrogen-bond acceptors (Lipinski definition) is 3. The van der Waals surface area contributed by atoms with Crippen LogP contribution < -0.4 is 4.90 Å². The summed E-state index contributed by atoms with van der Waals surface area (Å²) in [4.78, 5) is 6.78. The molecule has 1 fully saturated rings. The number of halogens is 1. The van der Waals surface area contributed by atoms with Crippen molar-refractivity contribution in [2.45, 2.75) is 45.1 Å². The van der Waals surface area contributed by atoms with Crippen LogP contribution in [0.15, 0.2) is 5.38 Å². The molecule has 2 nitrogen and oxygen atoms in total. The van der Waals surface area contributed by atoms with Crippen LogP contribution in [-0.2, 0) is 0 Å². The van der Waals surface area contributed by atoms with E-state index >= 15 is 0 Å². The number of nitrogens with zero attached hydrogens (tertiary/aromatic N) is 2. The van der Waals surface area contributed by atoms with E-state index in [9.17, 15) is 0 Å². The van der Waals surface area contributed by atoms with Crippen LogP contribution in [-0.4, -0.2) is 17.6 Å². The van der Waals surface area contributed by atoms with Crippen LogP contribution in [0, 0.1) is 0 Å². The van der Waals surface area contributed by atoms with E-state index in [4.69, 9.17) is 11.6 Å². The van der Waals surface area contributed by atoms with E-state index in [0.29, 0.717) is 11.2 Å². The summed E-state index contributed by atoms with van der Waals surface area (Å²) in [6.07, 6.45) is 6.74. The molecule has 0 amide bonds. The SMILES string of the molecule is CCN(c1nc(Cl)cs1)C1CCCCC1. The molecule has 15 heavy (non-hydrogen) atoms. The van der Waals surface area contributed by atoms with Gasteiger partial charge in [-0.25, -0.2) is 4.98 Å². The number of anilines is 1. The van der Waals surface area contributed by atoms with Gasteiger partial charge in [0.15, 0.2) is 5.13 Å². The Balaban J connectivity index is 2.08. The van der Waals surface area contributed by atoms with Crippen molar-refractivity contribution in [3.8, 4) is 0 Å². The van der Waals surface area contributed by atoms with Crippen molar-refractivity contribution in [3.05, 3.63) is 10.5 Å². The van der Waals surface area contributed by atoms with Crippen LogP contribution in [0.3, 0.4) is 0 Å². The quantitative estimate of drug-likeness (QED) is 0.800. The molecule has 0 saturated heterocycles. The van der Waals surface area contributed by atoms with E-state index in [2.05, 4.69) is 16.8 Å². The first-order valence-electron chi connectivity index (χ1n) is 5.69. The zero-order valence-corrected chi connectivity index (χ0v) is 10.7. The number of aromatic nitrogens is 1. The Kier molecular flexibility index (Phi) is 3.87. The fourth-order valence-electron chi connectivity index (χ4n) is 2.32. The average Bonchev–Trinajstić information content (AvgIpc) is 2.68. The van der Waals surface area contributed by atoms with E-state index in [1.807, 2.05) is 5.38 Å². The predicted molar refractivity (Wildman–Crippen MR) is 67.0 cm³/mol. The zero-order valence-electron chi connectivity index (χ0n) is 9.08. The molecule has 0 aliphatic heterocycles. The summed E-state index contributed by atoms with van der Waals surface area (Å²) < 4.78 is 0. The van der Waals surface area contributed by atoms with Gasteiger partial charge in [-0.15, -0.1) is 11.3 Å². The molecular formula is C11H17ClN2S. The first kappa shape index (κ1) is 11.2. The molecular weight excluding hydrogens is 228 g/mol. The molecule has 0 atom stereocenters. The second-order valence-corrected chi connectivity index (χ2v) is 5.25. The highest BCUT2D eigenvalue weighted by atomic mass is 35.5. The lowest BCUT2D eigenvalue weighted by atomic mass is 9.94.